The van der Waals surface area contributed by atoms with Gasteiger partial charge in [-0.05, 0) is 58.2 Å². The zero-order chi connectivity index (χ0) is 21.8. The summed E-state index contributed by atoms with van der Waals surface area (Å²) in [5, 5.41) is 6.50. The molecule has 2 saturated heterocycles. The maximum absolute atomic E-state index is 14.5. The molecule has 1 aromatic carbocycles. The molecule has 2 unspecified atom stereocenters. The van der Waals surface area contributed by atoms with Crippen LogP contribution in [0.5, 0.6) is 11.5 Å². The number of fused-ring (bicyclic) bond motifs is 2. The molecule has 2 atom stereocenters. The van der Waals surface area contributed by atoms with Gasteiger partial charge >= 0.3 is 0 Å². The van der Waals surface area contributed by atoms with Gasteiger partial charge in [0.2, 0.25) is 11.7 Å². The average Bonchev–Trinajstić information content (AvgIpc) is 3.27. The van der Waals surface area contributed by atoms with Crippen LogP contribution in [0.2, 0.25) is 0 Å². The van der Waals surface area contributed by atoms with Gasteiger partial charge in [-0.1, -0.05) is 0 Å². The summed E-state index contributed by atoms with van der Waals surface area (Å²) in [4.78, 5) is 11.1. The van der Waals surface area contributed by atoms with Crippen LogP contribution in [0.25, 0.3) is 0 Å². The number of benzene rings is 1. The van der Waals surface area contributed by atoms with E-state index >= 15 is 0 Å². The quantitative estimate of drug-likeness (QED) is 0.734. The number of nitrogens with one attached hydrogen (secondary N) is 2. The van der Waals surface area contributed by atoms with Crippen LogP contribution >= 0.6 is 0 Å². The Morgan fingerprint density at radius 3 is 2.81 bits per heavy atom. The van der Waals surface area contributed by atoms with Crippen LogP contribution in [-0.2, 0) is 0 Å². The standard InChI is InChI=1S/C23H30FN5O2/c1-22(2)12-15(10-16-6-5-9-29(16)22)26-20-17(24)13-25-21(28-20)27-14-7-8-18-19(11-14)31-23(3,4)30-18/h7-8,11,13,15-16H,5-6,9-10,12H2,1-4H3,(H2,25,26,27,28). The van der Waals surface area contributed by atoms with E-state index in [4.69, 9.17) is 9.47 Å². The highest BCUT2D eigenvalue weighted by molar-refractivity contribution is 5.61. The molecule has 4 heterocycles. The van der Waals surface area contributed by atoms with Gasteiger partial charge in [0.15, 0.2) is 23.1 Å². The molecule has 8 heteroatoms. The number of anilines is 3. The van der Waals surface area contributed by atoms with Crippen LogP contribution in [0.4, 0.5) is 21.8 Å². The maximum Gasteiger partial charge on any atom is 0.246 e. The Kier molecular flexibility index (Phi) is 4.73. The summed E-state index contributed by atoms with van der Waals surface area (Å²) < 4.78 is 26.0. The van der Waals surface area contributed by atoms with Crippen molar-refractivity contribution in [3.05, 3.63) is 30.2 Å². The zero-order valence-electron chi connectivity index (χ0n) is 18.5. The third-order valence-corrected chi connectivity index (χ3v) is 6.45. The van der Waals surface area contributed by atoms with Gasteiger partial charge in [0, 0.05) is 43.2 Å². The molecule has 31 heavy (non-hydrogen) atoms. The van der Waals surface area contributed by atoms with Crippen molar-refractivity contribution < 1.29 is 13.9 Å². The summed E-state index contributed by atoms with van der Waals surface area (Å²) in [6, 6.07) is 6.28. The molecule has 0 bridgehead atoms. The number of hydrogen-bond donors (Lipinski definition) is 2. The first kappa shape index (κ1) is 20.3. The van der Waals surface area contributed by atoms with Crippen molar-refractivity contribution in [2.45, 2.75) is 76.8 Å². The number of rotatable bonds is 4. The SMILES string of the molecule is CC1(C)Oc2ccc(Nc3ncc(F)c(NC4CC5CCCN5C(C)(C)C4)n3)cc2O1. The predicted molar refractivity (Wildman–Crippen MR) is 118 cm³/mol. The van der Waals surface area contributed by atoms with E-state index in [1.807, 2.05) is 32.0 Å². The molecule has 2 N–H and O–H groups in total. The molecule has 0 radical (unpaired) electrons. The smallest absolute Gasteiger partial charge is 0.246 e. The number of aromatic nitrogens is 2. The van der Waals surface area contributed by atoms with Gasteiger partial charge < -0.3 is 20.1 Å². The molecular weight excluding hydrogens is 397 g/mol. The van der Waals surface area contributed by atoms with Crippen molar-refractivity contribution in [2.75, 3.05) is 17.2 Å². The van der Waals surface area contributed by atoms with E-state index < -0.39 is 11.6 Å². The fraction of sp³-hybridized carbons (Fsp3) is 0.565. The normalized spacial score (nSPS) is 25.8. The van der Waals surface area contributed by atoms with Gasteiger partial charge in [-0.15, -0.1) is 0 Å². The van der Waals surface area contributed by atoms with Crippen LogP contribution in [0.15, 0.2) is 24.4 Å². The summed E-state index contributed by atoms with van der Waals surface area (Å²) in [6.45, 7) is 9.44. The fourth-order valence-corrected chi connectivity index (χ4v) is 5.27. The molecule has 7 nitrogen and oxygen atoms in total. The van der Waals surface area contributed by atoms with E-state index in [-0.39, 0.29) is 17.4 Å². The number of halogens is 1. The second-order valence-corrected chi connectivity index (χ2v) is 9.86. The Morgan fingerprint density at radius 2 is 1.97 bits per heavy atom. The lowest BCUT2D eigenvalue weighted by atomic mass is 9.84. The second-order valence-electron chi connectivity index (χ2n) is 9.86. The third-order valence-electron chi connectivity index (χ3n) is 6.45. The Balaban J connectivity index is 1.31. The Bertz CT molecular complexity index is 996. The van der Waals surface area contributed by atoms with Crippen molar-refractivity contribution in [1.82, 2.24) is 14.9 Å². The lowest BCUT2D eigenvalue weighted by molar-refractivity contribution is -0.0431. The van der Waals surface area contributed by atoms with Gasteiger partial charge in [0.1, 0.15) is 0 Å². The molecule has 0 aliphatic carbocycles. The summed E-state index contributed by atoms with van der Waals surface area (Å²) >= 11 is 0. The number of nitrogens with zero attached hydrogens (tertiary/aromatic N) is 3. The number of piperidine rings is 1. The van der Waals surface area contributed by atoms with Crippen molar-refractivity contribution >= 4 is 17.5 Å². The number of hydrogen-bond acceptors (Lipinski definition) is 7. The lowest BCUT2D eigenvalue weighted by Crippen LogP contribution is -2.55. The second kappa shape index (κ2) is 7.22. The molecule has 0 saturated carbocycles. The first-order chi connectivity index (χ1) is 14.7. The molecule has 1 aromatic heterocycles. The molecule has 0 spiro atoms. The molecule has 3 aliphatic rings. The fourth-order valence-electron chi connectivity index (χ4n) is 5.27. The minimum Gasteiger partial charge on any atom is -0.449 e. The average molecular weight is 428 g/mol. The monoisotopic (exact) mass is 427 g/mol. The molecule has 2 aromatic rings. The number of ether oxygens (including phenoxy) is 2. The van der Waals surface area contributed by atoms with Crippen molar-refractivity contribution in [1.29, 1.82) is 0 Å². The van der Waals surface area contributed by atoms with E-state index in [0.29, 0.717) is 23.5 Å². The molecule has 0 amide bonds. The highest BCUT2D eigenvalue weighted by Crippen LogP contribution is 2.41. The Labute approximate surface area is 182 Å². The minimum atomic E-state index is -0.687. The van der Waals surface area contributed by atoms with Gasteiger partial charge in [0.05, 0.1) is 6.20 Å². The van der Waals surface area contributed by atoms with Crippen LogP contribution < -0.4 is 20.1 Å². The lowest BCUT2D eigenvalue weighted by Gasteiger charge is -2.47. The van der Waals surface area contributed by atoms with E-state index in [1.165, 1.54) is 19.0 Å². The maximum atomic E-state index is 14.5. The van der Waals surface area contributed by atoms with Crippen molar-refractivity contribution in [2.24, 2.45) is 0 Å². The van der Waals surface area contributed by atoms with Gasteiger partial charge in [0.25, 0.3) is 0 Å². The molecule has 5 rings (SSSR count). The largest absolute Gasteiger partial charge is 0.449 e. The summed E-state index contributed by atoms with van der Waals surface area (Å²) in [5.41, 5.74) is 0.847. The predicted octanol–water partition coefficient (Wildman–Crippen LogP) is 4.68. The summed E-state index contributed by atoms with van der Waals surface area (Å²) in [7, 11) is 0. The van der Waals surface area contributed by atoms with E-state index in [2.05, 4.69) is 39.3 Å². The van der Waals surface area contributed by atoms with Gasteiger partial charge in [-0.2, -0.15) is 4.98 Å². The van der Waals surface area contributed by atoms with Crippen LogP contribution in [0.1, 0.15) is 53.4 Å². The zero-order valence-corrected chi connectivity index (χ0v) is 18.5. The topological polar surface area (TPSA) is 71.5 Å². The molecule has 3 aliphatic heterocycles. The van der Waals surface area contributed by atoms with Crippen LogP contribution in [-0.4, -0.2) is 44.8 Å². The van der Waals surface area contributed by atoms with Crippen LogP contribution in [0, 0.1) is 5.82 Å². The van der Waals surface area contributed by atoms with Crippen molar-refractivity contribution in [3.63, 3.8) is 0 Å². The van der Waals surface area contributed by atoms with Gasteiger partial charge in [-0.25, -0.2) is 9.37 Å². The first-order valence-electron chi connectivity index (χ1n) is 11.0. The van der Waals surface area contributed by atoms with E-state index in [0.717, 1.165) is 25.1 Å². The highest BCUT2D eigenvalue weighted by atomic mass is 19.1. The van der Waals surface area contributed by atoms with Crippen LogP contribution in [0.3, 0.4) is 0 Å². The molecule has 2 fully saturated rings. The Hall–Kier alpha value is -2.61. The highest BCUT2D eigenvalue weighted by Gasteiger charge is 2.43. The van der Waals surface area contributed by atoms with Gasteiger partial charge in [-0.3, -0.25) is 4.90 Å². The van der Waals surface area contributed by atoms with E-state index in [1.54, 1.807) is 0 Å². The summed E-state index contributed by atoms with van der Waals surface area (Å²) in [5.74, 6) is 0.795. The first-order valence-corrected chi connectivity index (χ1v) is 11.0. The third kappa shape index (κ3) is 4.01. The van der Waals surface area contributed by atoms with Crippen molar-refractivity contribution in [3.8, 4) is 11.5 Å². The summed E-state index contributed by atoms with van der Waals surface area (Å²) in [6.07, 6.45) is 5.62. The molecular formula is C23H30FN5O2. The Morgan fingerprint density at radius 1 is 1.16 bits per heavy atom. The minimum absolute atomic E-state index is 0.0991. The molecule has 166 valence electrons. The van der Waals surface area contributed by atoms with E-state index in [9.17, 15) is 4.39 Å².